The number of hydrogen-bond acceptors (Lipinski definition) is 5. The van der Waals surface area contributed by atoms with E-state index in [0.29, 0.717) is 5.16 Å². The van der Waals surface area contributed by atoms with Crippen molar-refractivity contribution in [3.63, 3.8) is 0 Å². The molecule has 25 heavy (non-hydrogen) atoms. The van der Waals surface area contributed by atoms with Crippen LogP contribution in [0.5, 0.6) is 0 Å². The lowest BCUT2D eigenvalue weighted by molar-refractivity contribution is -0.119. The Bertz CT molecular complexity index is 795. The summed E-state index contributed by atoms with van der Waals surface area (Å²) in [7, 11) is 0. The van der Waals surface area contributed by atoms with E-state index in [1.165, 1.54) is 11.8 Å². The van der Waals surface area contributed by atoms with E-state index in [2.05, 4.69) is 21.4 Å². The van der Waals surface area contributed by atoms with Crippen LogP contribution in [0.4, 0.5) is 0 Å². The first-order chi connectivity index (χ1) is 12.1. The molecule has 1 heterocycles. The zero-order valence-corrected chi connectivity index (χ0v) is 15.0. The minimum absolute atomic E-state index is 0.139. The van der Waals surface area contributed by atoms with Crippen molar-refractivity contribution in [2.45, 2.75) is 43.3 Å². The number of aryl methyl sites for hydroxylation is 1. The average molecular weight is 352 g/mol. The SMILES string of the molecule is Cc1cc(-c2ccccc2)nc(SCC(=O)NC2(C#N)CCCC2)n1. The lowest BCUT2D eigenvalue weighted by Crippen LogP contribution is -2.45. The molecule has 0 aliphatic heterocycles. The lowest BCUT2D eigenvalue weighted by Gasteiger charge is -2.21. The number of nitriles is 1. The summed E-state index contributed by atoms with van der Waals surface area (Å²) in [5.41, 5.74) is 2.05. The predicted molar refractivity (Wildman–Crippen MR) is 97.9 cm³/mol. The maximum absolute atomic E-state index is 12.2. The Morgan fingerprint density at radius 1 is 1.28 bits per heavy atom. The molecule has 5 nitrogen and oxygen atoms in total. The van der Waals surface area contributed by atoms with Gasteiger partial charge >= 0.3 is 0 Å². The number of hydrogen-bond donors (Lipinski definition) is 1. The second kappa shape index (κ2) is 7.66. The van der Waals surface area contributed by atoms with Crippen LogP contribution in [0.2, 0.25) is 0 Å². The molecule has 1 aliphatic carbocycles. The number of amides is 1. The van der Waals surface area contributed by atoms with Crippen molar-refractivity contribution in [2.24, 2.45) is 0 Å². The molecule has 0 saturated heterocycles. The fourth-order valence-electron chi connectivity index (χ4n) is 3.04. The van der Waals surface area contributed by atoms with Gasteiger partial charge in [-0.05, 0) is 38.7 Å². The molecule has 6 heteroatoms. The molecular formula is C19H20N4OS. The highest BCUT2D eigenvalue weighted by Crippen LogP contribution is 2.29. The van der Waals surface area contributed by atoms with Crippen LogP contribution in [0.25, 0.3) is 11.3 Å². The van der Waals surface area contributed by atoms with Gasteiger partial charge in [0.25, 0.3) is 0 Å². The zero-order valence-electron chi connectivity index (χ0n) is 14.2. The number of thioether (sulfide) groups is 1. The molecule has 128 valence electrons. The maximum atomic E-state index is 12.2. The van der Waals surface area contributed by atoms with E-state index in [-0.39, 0.29) is 11.7 Å². The molecule has 1 saturated carbocycles. The maximum Gasteiger partial charge on any atom is 0.231 e. The number of aromatic nitrogens is 2. The number of nitrogens with one attached hydrogen (secondary N) is 1. The van der Waals surface area contributed by atoms with Crippen LogP contribution in [0.15, 0.2) is 41.6 Å². The molecule has 1 aliphatic rings. The van der Waals surface area contributed by atoms with Gasteiger partial charge < -0.3 is 5.32 Å². The highest BCUT2D eigenvalue weighted by Gasteiger charge is 2.35. The van der Waals surface area contributed by atoms with Crippen LogP contribution in [0.1, 0.15) is 31.4 Å². The standard InChI is InChI=1S/C19H20N4OS/c1-14-11-16(15-7-3-2-4-8-15)22-18(21-14)25-12-17(24)23-19(13-20)9-5-6-10-19/h2-4,7-8,11H,5-6,9-10,12H2,1H3,(H,23,24). The normalized spacial score (nSPS) is 15.5. The van der Waals surface area contributed by atoms with E-state index in [0.717, 1.165) is 42.6 Å². The molecule has 0 atom stereocenters. The summed E-state index contributed by atoms with van der Waals surface area (Å²) in [6.45, 7) is 1.92. The first-order valence-corrected chi connectivity index (χ1v) is 9.35. The minimum atomic E-state index is -0.680. The van der Waals surface area contributed by atoms with Crippen molar-refractivity contribution >= 4 is 17.7 Å². The molecule has 1 N–H and O–H groups in total. The third-order valence-electron chi connectivity index (χ3n) is 4.29. The minimum Gasteiger partial charge on any atom is -0.337 e. The number of carbonyl (C=O) groups excluding carboxylic acids is 1. The summed E-state index contributed by atoms with van der Waals surface area (Å²) in [6.07, 6.45) is 3.45. The molecule has 0 unspecified atom stereocenters. The quantitative estimate of drug-likeness (QED) is 0.658. The third kappa shape index (κ3) is 4.37. The van der Waals surface area contributed by atoms with Crippen LogP contribution >= 0.6 is 11.8 Å². The molecule has 0 bridgehead atoms. The summed E-state index contributed by atoms with van der Waals surface area (Å²) < 4.78 is 0. The first-order valence-electron chi connectivity index (χ1n) is 8.36. The Kier molecular flexibility index (Phi) is 5.34. The monoisotopic (exact) mass is 352 g/mol. The molecular weight excluding hydrogens is 332 g/mol. The van der Waals surface area contributed by atoms with E-state index in [9.17, 15) is 10.1 Å². The van der Waals surface area contributed by atoms with Gasteiger partial charge in [0.05, 0.1) is 17.5 Å². The lowest BCUT2D eigenvalue weighted by atomic mass is 10.0. The van der Waals surface area contributed by atoms with Crippen LogP contribution in [0, 0.1) is 18.3 Å². The molecule has 1 fully saturated rings. The molecule has 0 radical (unpaired) electrons. The van der Waals surface area contributed by atoms with E-state index in [4.69, 9.17) is 0 Å². The van der Waals surface area contributed by atoms with E-state index >= 15 is 0 Å². The molecule has 3 rings (SSSR count). The molecule has 1 amide bonds. The molecule has 0 spiro atoms. The highest BCUT2D eigenvalue weighted by molar-refractivity contribution is 7.99. The fraction of sp³-hybridized carbons (Fsp3) is 0.368. The van der Waals surface area contributed by atoms with Crippen LogP contribution in [0.3, 0.4) is 0 Å². The summed E-state index contributed by atoms with van der Waals surface area (Å²) in [5, 5.41) is 12.8. The highest BCUT2D eigenvalue weighted by atomic mass is 32.2. The van der Waals surface area contributed by atoms with E-state index < -0.39 is 5.54 Å². The summed E-state index contributed by atoms with van der Waals surface area (Å²) >= 11 is 1.30. The van der Waals surface area contributed by atoms with Crippen molar-refractivity contribution in [3.05, 3.63) is 42.1 Å². The number of rotatable bonds is 5. The molecule has 1 aromatic carbocycles. The van der Waals surface area contributed by atoms with E-state index in [1.54, 1.807) is 0 Å². The van der Waals surface area contributed by atoms with Gasteiger partial charge in [-0.25, -0.2) is 9.97 Å². The number of nitrogens with zero attached hydrogens (tertiary/aromatic N) is 3. The molecule has 2 aromatic rings. The van der Waals surface area contributed by atoms with E-state index in [1.807, 2.05) is 43.3 Å². The van der Waals surface area contributed by atoms with Gasteiger partial charge in [-0.2, -0.15) is 5.26 Å². The Balaban J connectivity index is 1.66. The van der Waals surface area contributed by atoms with Crippen molar-refractivity contribution in [1.29, 1.82) is 5.26 Å². The number of carbonyl (C=O) groups is 1. The van der Waals surface area contributed by atoms with Gasteiger partial charge in [0.1, 0.15) is 5.54 Å². The van der Waals surface area contributed by atoms with Crippen LogP contribution in [-0.4, -0.2) is 27.2 Å². The van der Waals surface area contributed by atoms with Gasteiger partial charge in [-0.1, -0.05) is 42.1 Å². The van der Waals surface area contributed by atoms with Gasteiger partial charge in [0.2, 0.25) is 5.91 Å². The smallest absolute Gasteiger partial charge is 0.231 e. The van der Waals surface area contributed by atoms with Crippen molar-refractivity contribution in [1.82, 2.24) is 15.3 Å². The fourth-order valence-corrected chi connectivity index (χ4v) is 3.74. The second-order valence-electron chi connectivity index (χ2n) is 6.28. The summed E-state index contributed by atoms with van der Waals surface area (Å²) in [6, 6.07) is 14.1. The van der Waals surface area contributed by atoms with Crippen LogP contribution in [-0.2, 0) is 4.79 Å². The summed E-state index contributed by atoms with van der Waals surface area (Å²) in [5.74, 6) is 0.0704. The van der Waals surface area contributed by atoms with Crippen molar-refractivity contribution in [3.8, 4) is 17.3 Å². The Morgan fingerprint density at radius 2 is 2.00 bits per heavy atom. The first kappa shape index (κ1) is 17.4. The number of benzene rings is 1. The van der Waals surface area contributed by atoms with Crippen molar-refractivity contribution < 1.29 is 4.79 Å². The van der Waals surface area contributed by atoms with Gasteiger partial charge in [0.15, 0.2) is 5.16 Å². The van der Waals surface area contributed by atoms with Crippen molar-refractivity contribution in [2.75, 3.05) is 5.75 Å². The molecule has 1 aromatic heterocycles. The second-order valence-corrected chi connectivity index (χ2v) is 7.22. The summed E-state index contributed by atoms with van der Waals surface area (Å²) in [4.78, 5) is 21.2. The van der Waals surface area contributed by atoms with Gasteiger partial charge in [0, 0.05) is 11.3 Å². The Hall–Kier alpha value is -2.39. The average Bonchev–Trinajstić information content (AvgIpc) is 3.09. The predicted octanol–water partition coefficient (Wildman–Crippen LogP) is 3.50. The zero-order chi connectivity index (χ0) is 17.7. The van der Waals surface area contributed by atoms with Gasteiger partial charge in [-0.15, -0.1) is 0 Å². The topological polar surface area (TPSA) is 78.7 Å². The van der Waals surface area contributed by atoms with Gasteiger partial charge in [-0.3, -0.25) is 4.79 Å². The Morgan fingerprint density at radius 3 is 2.68 bits per heavy atom. The largest absolute Gasteiger partial charge is 0.337 e. The third-order valence-corrected chi connectivity index (χ3v) is 5.13. The van der Waals surface area contributed by atoms with Crippen LogP contribution < -0.4 is 5.32 Å². The Labute approximate surface area is 151 Å².